The minimum absolute atomic E-state index is 0.171. The number of nitrogens with one attached hydrogen (secondary N) is 2. The summed E-state index contributed by atoms with van der Waals surface area (Å²) in [4.78, 5) is 36.9. The van der Waals surface area contributed by atoms with E-state index in [1.165, 1.54) is 17.7 Å². The van der Waals surface area contributed by atoms with Gasteiger partial charge in [-0.05, 0) is 63.4 Å². The molecule has 1 unspecified atom stereocenters. The number of carbonyl (C=O) groups is 2. The molecule has 1 aromatic heterocycles. The van der Waals surface area contributed by atoms with Crippen LogP contribution in [0.4, 0.5) is 11.4 Å². The van der Waals surface area contributed by atoms with Crippen LogP contribution in [0.5, 0.6) is 0 Å². The van der Waals surface area contributed by atoms with Crippen LogP contribution in [0.1, 0.15) is 42.1 Å². The summed E-state index contributed by atoms with van der Waals surface area (Å²) in [5, 5.41) is 10.2. The molecule has 1 atom stereocenters. The van der Waals surface area contributed by atoms with Crippen LogP contribution in [0, 0.1) is 27.7 Å². The van der Waals surface area contributed by atoms with Crippen LogP contribution in [-0.2, 0) is 9.59 Å². The lowest BCUT2D eigenvalue weighted by atomic mass is 10.0. The van der Waals surface area contributed by atoms with Gasteiger partial charge in [0.2, 0.25) is 11.8 Å². The van der Waals surface area contributed by atoms with Gasteiger partial charge in [-0.15, -0.1) is 0 Å². The zero-order valence-corrected chi connectivity index (χ0v) is 19.2. The highest BCUT2D eigenvalue weighted by atomic mass is 16.2. The molecule has 166 valence electrons. The molecule has 7 heteroatoms. The highest BCUT2D eigenvalue weighted by molar-refractivity contribution is 5.95. The molecular formula is C25H28N4O3. The first-order valence-corrected chi connectivity index (χ1v) is 10.4. The molecule has 0 aliphatic rings. The lowest BCUT2D eigenvalue weighted by molar-refractivity contribution is -0.119. The van der Waals surface area contributed by atoms with Crippen molar-refractivity contribution in [3.05, 3.63) is 75.1 Å². The van der Waals surface area contributed by atoms with Gasteiger partial charge in [0, 0.05) is 29.9 Å². The minimum atomic E-state index is -0.817. The summed E-state index contributed by atoms with van der Waals surface area (Å²) >= 11 is 0. The van der Waals surface area contributed by atoms with Crippen molar-refractivity contribution in [1.82, 2.24) is 9.78 Å². The van der Waals surface area contributed by atoms with Crippen LogP contribution in [0.15, 0.2) is 47.3 Å². The quantitative estimate of drug-likeness (QED) is 0.629. The van der Waals surface area contributed by atoms with Crippen molar-refractivity contribution < 1.29 is 9.59 Å². The van der Waals surface area contributed by atoms with Crippen LogP contribution in [-0.4, -0.2) is 21.6 Å². The van der Waals surface area contributed by atoms with Crippen LogP contribution in [0.2, 0.25) is 0 Å². The molecule has 0 aliphatic carbocycles. The first-order valence-electron chi connectivity index (χ1n) is 10.4. The van der Waals surface area contributed by atoms with Crippen molar-refractivity contribution in [2.45, 2.75) is 47.6 Å². The Hall–Kier alpha value is -3.74. The molecule has 0 saturated heterocycles. The third kappa shape index (κ3) is 4.94. The van der Waals surface area contributed by atoms with E-state index < -0.39 is 6.04 Å². The highest BCUT2D eigenvalue weighted by Gasteiger charge is 2.20. The fourth-order valence-corrected chi connectivity index (χ4v) is 3.68. The summed E-state index contributed by atoms with van der Waals surface area (Å²) in [6, 6.07) is 11.7. The lowest BCUT2D eigenvalue weighted by Crippen LogP contribution is -2.33. The summed E-state index contributed by atoms with van der Waals surface area (Å²) < 4.78 is 1.18. The summed E-state index contributed by atoms with van der Waals surface area (Å²) in [7, 11) is 0. The molecule has 0 saturated carbocycles. The fourth-order valence-electron chi connectivity index (χ4n) is 3.68. The molecule has 2 aromatic carbocycles. The Morgan fingerprint density at radius 3 is 2.19 bits per heavy atom. The topological polar surface area (TPSA) is 93.1 Å². The first-order chi connectivity index (χ1) is 15.1. The van der Waals surface area contributed by atoms with Crippen molar-refractivity contribution in [2.24, 2.45) is 0 Å². The van der Waals surface area contributed by atoms with E-state index in [1.54, 1.807) is 19.1 Å². The Balaban J connectivity index is 1.93. The molecule has 0 fully saturated rings. The highest BCUT2D eigenvalue weighted by Crippen LogP contribution is 2.25. The number of carbonyl (C=O) groups excluding carboxylic acids is 2. The predicted molar refractivity (Wildman–Crippen MR) is 127 cm³/mol. The SMILES string of the molecule is CC(=O)Nc1cc(-c2ccc(=O)n(C(C)C(=O)Nc3c(C)cc(C)cc3C)n2)ccc1C. The lowest BCUT2D eigenvalue weighted by Gasteiger charge is -2.18. The summed E-state index contributed by atoms with van der Waals surface area (Å²) in [5.74, 6) is -0.496. The summed E-state index contributed by atoms with van der Waals surface area (Å²) in [6.07, 6.45) is 0. The monoisotopic (exact) mass is 432 g/mol. The normalized spacial score (nSPS) is 11.7. The molecule has 2 amide bonds. The molecular weight excluding hydrogens is 404 g/mol. The number of aromatic nitrogens is 2. The van der Waals surface area contributed by atoms with Crippen LogP contribution in [0.3, 0.4) is 0 Å². The molecule has 3 rings (SSSR count). The number of rotatable bonds is 5. The first kappa shape index (κ1) is 22.9. The predicted octanol–water partition coefficient (Wildman–Crippen LogP) is 4.30. The van der Waals surface area contributed by atoms with E-state index in [4.69, 9.17) is 0 Å². The van der Waals surface area contributed by atoms with Gasteiger partial charge in [-0.1, -0.05) is 29.8 Å². The Kier molecular flexibility index (Phi) is 6.58. The van der Waals surface area contributed by atoms with E-state index in [2.05, 4.69) is 15.7 Å². The zero-order chi connectivity index (χ0) is 23.6. The van der Waals surface area contributed by atoms with Gasteiger partial charge in [0.05, 0.1) is 5.69 Å². The maximum absolute atomic E-state index is 13.0. The molecule has 0 spiro atoms. The number of benzene rings is 2. The Labute approximate surface area is 187 Å². The van der Waals surface area contributed by atoms with E-state index in [0.717, 1.165) is 33.5 Å². The third-order valence-electron chi connectivity index (χ3n) is 5.34. The van der Waals surface area contributed by atoms with Gasteiger partial charge in [0.15, 0.2) is 0 Å². The van der Waals surface area contributed by atoms with Gasteiger partial charge in [-0.25, -0.2) is 4.68 Å². The van der Waals surface area contributed by atoms with E-state index in [9.17, 15) is 14.4 Å². The second kappa shape index (κ2) is 9.18. The second-order valence-electron chi connectivity index (χ2n) is 8.15. The van der Waals surface area contributed by atoms with Gasteiger partial charge >= 0.3 is 0 Å². The average molecular weight is 433 g/mol. The minimum Gasteiger partial charge on any atom is -0.326 e. The van der Waals surface area contributed by atoms with Gasteiger partial charge < -0.3 is 10.6 Å². The summed E-state index contributed by atoms with van der Waals surface area (Å²) in [6.45, 7) is 10.9. The number of amides is 2. The molecule has 1 heterocycles. The molecule has 7 nitrogen and oxygen atoms in total. The maximum atomic E-state index is 13.0. The largest absolute Gasteiger partial charge is 0.326 e. The number of hydrogen-bond donors (Lipinski definition) is 2. The smallest absolute Gasteiger partial charge is 0.267 e. The fraction of sp³-hybridized carbons (Fsp3) is 0.280. The third-order valence-corrected chi connectivity index (χ3v) is 5.34. The maximum Gasteiger partial charge on any atom is 0.267 e. The molecule has 2 N–H and O–H groups in total. The van der Waals surface area contributed by atoms with E-state index in [1.807, 2.05) is 52.0 Å². The molecule has 0 aliphatic heterocycles. The Morgan fingerprint density at radius 2 is 1.56 bits per heavy atom. The zero-order valence-electron chi connectivity index (χ0n) is 19.2. The number of aryl methyl sites for hydroxylation is 4. The number of nitrogens with zero attached hydrogens (tertiary/aromatic N) is 2. The van der Waals surface area contributed by atoms with E-state index in [0.29, 0.717) is 11.4 Å². The van der Waals surface area contributed by atoms with Crippen LogP contribution in [0.25, 0.3) is 11.3 Å². The van der Waals surface area contributed by atoms with Crippen molar-refractivity contribution in [2.75, 3.05) is 10.6 Å². The van der Waals surface area contributed by atoms with Crippen LogP contribution >= 0.6 is 0 Å². The van der Waals surface area contributed by atoms with Gasteiger partial charge in [0.25, 0.3) is 5.56 Å². The Morgan fingerprint density at radius 1 is 0.906 bits per heavy atom. The number of hydrogen-bond acceptors (Lipinski definition) is 4. The summed E-state index contributed by atoms with van der Waals surface area (Å²) in [5.41, 5.74) is 6.25. The standard InChI is InChI=1S/C25H28N4O3/c1-14-11-16(3)24(17(4)12-14)27-25(32)18(5)29-23(31)10-9-21(28-29)20-8-7-15(2)22(13-20)26-19(6)30/h7-13,18H,1-6H3,(H,26,30)(H,27,32). The van der Waals surface area contributed by atoms with E-state index >= 15 is 0 Å². The van der Waals surface area contributed by atoms with Gasteiger partial charge in [-0.2, -0.15) is 5.10 Å². The molecule has 3 aromatic rings. The Bertz CT molecular complexity index is 1240. The van der Waals surface area contributed by atoms with Crippen molar-refractivity contribution >= 4 is 23.2 Å². The number of anilines is 2. The van der Waals surface area contributed by atoms with Crippen molar-refractivity contribution in [3.8, 4) is 11.3 Å². The second-order valence-corrected chi connectivity index (χ2v) is 8.15. The van der Waals surface area contributed by atoms with Crippen molar-refractivity contribution in [1.29, 1.82) is 0 Å². The van der Waals surface area contributed by atoms with Gasteiger partial charge in [-0.3, -0.25) is 14.4 Å². The molecule has 0 bridgehead atoms. The average Bonchev–Trinajstić information content (AvgIpc) is 2.71. The van der Waals surface area contributed by atoms with Gasteiger partial charge in [0.1, 0.15) is 6.04 Å². The van der Waals surface area contributed by atoms with Crippen molar-refractivity contribution in [3.63, 3.8) is 0 Å². The molecule has 32 heavy (non-hydrogen) atoms. The molecule has 0 radical (unpaired) electrons. The van der Waals surface area contributed by atoms with Crippen LogP contribution < -0.4 is 16.2 Å². The van der Waals surface area contributed by atoms with E-state index in [-0.39, 0.29) is 17.4 Å².